The molecule has 0 aliphatic rings. The van der Waals surface area contributed by atoms with E-state index in [1.54, 1.807) is 16.7 Å². The SMILES string of the molecule is CCCNC(=O)[C@H](CC)N(Cc1ccc(Cl)cc1)C(=O)CCSc1ccc(C)cc1. The van der Waals surface area contributed by atoms with Crippen LogP contribution in [0, 0.1) is 6.92 Å². The van der Waals surface area contributed by atoms with Crippen LogP contribution in [-0.2, 0) is 16.1 Å². The quantitative estimate of drug-likeness (QED) is 0.466. The number of carbonyl (C=O) groups is 2. The fraction of sp³-hybridized carbons (Fsp3) is 0.417. The van der Waals surface area contributed by atoms with Crippen molar-refractivity contribution in [3.8, 4) is 0 Å². The molecule has 2 aromatic carbocycles. The van der Waals surface area contributed by atoms with Crippen molar-refractivity contribution in [2.24, 2.45) is 0 Å². The predicted molar refractivity (Wildman–Crippen MR) is 126 cm³/mol. The number of hydrogen-bond donors (Lipinski definition) is 1. The summed E-state index contributed by atoms with van der Waals surface area (Å²) in [5.41, 5.74) is 2.18. The molecule has 0 bridgehead atoms. The average molecular weight is 447 g/mol. The summed E-state index contributed by atoms with van der Waals surface area (Å²) in [5.74, 6) is 0.572. The van der Waals surface area contributed by atoms with E-state index in [1.165, 1.54) is 5.56 Å². The van der Waals surface area contributed by atoms with Gasteiger partial charge in [0.15, 0.2) is 0 Å². The molecule has 0 aliphatic heterocycles. The van der Waals surface area contributed by atoms with Gasteiger partial charge in [0.05, 0.1) is 0 Å². The maximum absolute atomic E-state index is 13.1. The van der Waals surface area contributed by atoms with Crippen LogP contribution in [0.25, 0.3) is 0 Å². The number of carbonyl (C=O) groups excluding carboxylic acids is 2. The van der Waals surface area contributed by atoms with Crippen molar-refractivity contribution in [1.29, 1.82) is 0 Å². The molecule has 6 heteroatoms. The van der Waals surface area contributed by atoms with Gasteiger partial charge in [0.2, 0.25) is 11.8 Å². The molecule has 0 unspecified atom stereocenters. The zero-order chi connectivity index (χ0) is 21.9. The third-order valence-electron chi connectivity index (χ3n) is 4.81. The molecule has 0 saturated heterocycles. The van der Waals surface area contributed by atoms with Crippen LogP contribution in [0.1, 0.15) is 44.2 Å². The van der Waals surface area contributed by atoms with E-state index in [2.05, 4.69) is 36.5 Å². The molecule has 0 fully saturated rings. The Labute approximate surface area is 189 Å². The molecule has 0 aliphatic carbocycles. The number of benzene rings is 2. The molecule has 4 nitrogen and oxygen atoms in total. The van der Waals surface area contributed by atoms with Crippen LogP contribution in [0.4, 0.5) is 0 Å². The van der Waals surface area contributed by atoms with Gasteiger partial charge in [-0.05, 0) is 49.6 Å². The van der Waals surface area contributed by atoms with E-state index >= 15 is 0 Å². The Morgan fingerprint density at radius 2 is 1.73 bits per heavy atom. The van der Waals surface area contributed by atoms with Gasteiger partial charge in [-0.2, -0.15) is 0 Å². The van der Waals surface area contributed by atoms with Gasteiger partial charge in [-0.25, -0.2) is 0 Å². The molecule has 162 valence electrons. The minimum absolute atomic E-state index is 0.0111. The van der Waals surface area contributed by atoms with E-state index < -0.39 is 6.04 Å². The van der Waals surface area contributed by atoms with E-state index in [1.807, 2.05) is 38.1 Å². The van der Waals surface area contributed by atoms with Crippen LogP contribution >= 0.6 is 23.4 Å². The highest BCUT2D eigenvalue weighted by molar-refractivity contribution is 7.99. The van der Waals surface area contributed by atoms with Crippen molar-refractivity contribution in [1.82, 2.24) is 10.2 Å². The molecule has 0 heterocycles. The molecule has 2 aromatic rings. The maximum atomic E-state index is 13.1. The summed E-state index contributed by atoms with van der Waals surface area (Å²) in [6.07, 6.45) is 1.81. The summed E-state index contributed by atoms with van der Waals surface area (Å²) in [4.78, 5) is 28.7. The van der Waals surface area contributed by atoms with E-state index in [9.17, 15) is 9.59 Å². The molecule has 30 heavy (non-hydrogen) atoms. The summed E-state index contributed by atoms with van der Waals surface area (Å²) < 4.78 is 0. The first-order valence-electron chi connectivity index (χ1n) is 10.5. The first kappa shape index (κ1) is 24.3. The third kappa shape index (κ3) is 7.69. The Morgan fingerprint density at radius 1 is 1.07 bits per heavy atom. The van der Waals surface area contributed by atoms with E-state index in [-0.39, 0.29) is 11.8 Å². The second-order valence-corrected chi connectivity index (χ2v) is 8.88. The van der Waals surface area contributed by atoms with Gasteiger partial charge in [0, 0.05) is 35.2 Å². The molecule has 2 amide bonds. The number of thioether (sulfide) groups is 1. The number of nitrogens with zero attached hydrogens (tertiary/aromatic N) is 1. The lowest BCUT2D eigenvalue weighted by atomic mass is 10.1. The van der Waals surface area contributed by atoms with Crippen molar-refractivity contribution in [2.45, 2.75) is 57.5 Å². The number of aryl methyl sites for hydroxylation is 1. The molecule has 0 radical (unpaired) electrons. The second-order valence-electron chi connectivity index (χ2n) is 7.27. The number of amides is 2. The number of rotatable bonds is 11. The highest BCUT2D eigenvalue weighted by Gasteiger charge is 2.28. The van der Waals surface area contributed by atoms with Crippen LogP contribution in [0.5, 0.6) is 0 Å². The van der Waals surface area contributed by atoms with Gasteiger partial charge in [0.25, 0.3) is 0 Å². The lowest BCUT2D eigenvalue weighted by Gasteiger charge is -2.30. The lowest BCUT2D eigenvalue weighted by Crippen LogP contribution is -2.49. The Kier molecular flexibility index (Phi) is 10.2. The van der Waals surface area contributed by atoms with Crippen molar-refractivity contribution >= 4 is 35.2 Å². The van der Waals surface area contributed by atoms with Gasteiger partial charge in [-0.1, -0.05) is 55.3 Å². The molecule has 0 spiro atoms. The Hall–Kier alpha value is -1.98. The largest absolute Gasteiger partial charge is 0.354 e. The minimum Gasteiger partial charge on any atom is -0.354 e. The molecule has 0 saturated carbocycles. The number of halogens is 1. The Morgan fingerprint density at radius 3 is 2.33 bits per heavy atom. The summed E-state index contributed by atoms with van der Waals surface area (Å²) in [6.45, 7) is 7.02. The van der Waals surface area contributed by atoms with Gasteiger partial charge in [-0.15, -0.1) is 11.8 Å². The van der Waals surface area contributed by atoms with Crippen molar-refractivity contribution in [2.75, 3.05) is 12.3 Å². The summed E-state index contributed by atoms with van der Waals surface area (Å²) in [7, 11) is 0. The smallest absolute Gasteiger partial charge is 0.242 e. The van der Waals surface area contributed by atoms with E-state index in [0.717, 1.165) is 16.9 Å². The first-order chi connectivity index (χ1) is 14.4. The number of hydrogen-bond acceptors (Lipinski definition) is 3. The van der Waals surface area contributed by atoms with Crippen LogP contribution in [0.2, 0.25) is 5.02 Å². The zero-order valence-corrected chi connectivity index (χ0v) is 19.6. The van der Waals surface area contributed by atoms with Crippen molar-refractivity contribution in [3.63, 3.8) is 0 Å². The average Bonchev–Trinajstić information content (AvgIpc) is 2.74. The summed E-state index contributed by atoms with van der Waals surface area (Å²) in [5, 5.41) is 3.59. The molecule has 0 aromatic heterocycles. The molecule has 1 N–H and O–H groups in total. The van der Waals surface area contributed by atoms with Gasteiger partial charge in [0.1, 0.15) is 6.04 Å². The molecule has 1 atom stereocenters. The van der Waals surface area contributed by atoms with Crippen molar-refractivity contribution < 1.29 is 9.59 Å². The van der Waals surface area contributed by atoms with Crippen LogP contribution in [0.15, 0.2) is 53.4 Å². The normalized spacial score (nSPS) is 11.7. The van der Waals surface area contributed by atoms with Gasteiger partial charge in [-0.3, -0.25) is 9.59 Å². The fourth-order valence-electron chi connectivity index (χ4n) is 3.11. The zero-order valence-electron chi connectivity index (χ0n) is 18.0. The van der Waals surface area contributed by atoms with Crippen LogP contribution < -0.4 is 5.32 Å². The summed E-state index contributed by atoms with van der Waals surface area (Å²) >= 11 is 7.66. The van der Waals surface area contributed by atoms with E-state index in [0.29, 0.717) is 36.7 Å². The maximum Gasteiger partial charge on any atom is 0.242 e. The van der Waals surface area contributed by atoms with E-state index in [4.69, 9.17) is 11.6 Å². The standard InChI is InChI=1S/C24H31ClN2O2S/c1-4-15-26-24(29)22(5-2)27(17-19-8-10-20(25)11-9-19)23(28)14-16-30-21-12-6-18(3)7-13-21/h6-13,22H,4-5,14-17H2,1-3H3,(H,26,29)/t22-/m0/s1. The van der Waals surface area contributed by atoms with Crippen molar-refractivity contribution in [3.05, 3.63) is 64.7 Å². The number of nitrogens with one attached hydrogen (secondary N) is 1. The third-order valence-corrected chi connectivity index (χ3v) is 6.07. The predicted octanol–water partition coefficient (Wildman–Crippen LogP) is 5.46. The summed E-state index contributed by atoms with van der Waals surface area (Å²) in [6, 6.07) is 15.2. The topological polar surface area (TPSA) is 49.4 Å². The highest BCUT2D eigenvalue weighted by Crippen LogP contribution is 2.21. The molecular formula is C24H31ClN2O2S. The molecular weight excluding hydrogens is 416 g/mol. The minimum atomic E-state index is -0.482. The molecule has 2 rings (SSSR count). The Balaban J connectivity index is 2.09. The highest BCUT2D eigenvalue weighted by atomic mass is 35.5. The lowest BCUT2D eigenvalue weighted by molar-refractivity contribution is -0.141. The van der Waals surface area contributed by atoms with Gasteiger partial charge < -0.3 is 10.2 Å². The van der Waals surface area contributed by atoms with Gasteiger partial charge >= 0.3 is 0 Å². The fourth-order valence-corrected chi connectivity index (χ4v) is 4.07. The van der Waals surface area contributed by atoms with Crippen LogP contribution in [-0.4, -0.2) is 35.1 Å². The first-order valence-corrected chi connectivity index (χ1v) is 11.8. The van der Waals surface area contributed by atoms with Crippen LogP contribution in [0.3, 0.4) is 0 Å². The Bertz CT molecular complexity index is 809. The second kappa shape index (κ2) is 12.7. The monoisotopic (exact) mass is 446 g/mol.